The van der Waals surface area contributed by atoms with Crippen molar-refractivity contribution in [3.63, 3.8) is 0 Å². The molecule has 0 bridgehead atoms. The number of rotatable bonds is 0. The van der Waals surface area contributed by atoms with Crippen molar-refractivity contribution in [1.82, 2.24) is 4.90 Å². The van der Waals surface area contributed by atoms with Gasteiger partial charge in [0.2, 0.25) is 5.91 Å². The molecule has 3 aliphatic rings. The average Bonchev–Trinajstić information content (AvgIpc) is 2.62. The number of aliphatic imine (C=N–C) groups is 1. The lowest BCUT2D eigenvalue weighted by atomic mass is 10.2. The maximum atomic E-state index is 11.6. The largest absolute Gasteiger partial charge is 0.290 e. The summed E-state index contributed by atoms with van der Waals surface area (Å²) in [5.74, 6) is 1.19. The van der Waals surface area contributed by atoms with E-state index in [4.69, 9.17) is 0 Å². The predicted molar refractivity (Wildman–Crippen MR) is 49.5 cm³/mol. The van der Waals surface area contributed by atoms with Crippen molar-refractivity contribution in [3.8, 4) is 0 Å². The molecule has 0 spiro atoms. The maximum absolute atomic E-state index is 11.6. The number of amides is 1. The predicted octanol–water partition coefficient (Wildman–Crippen LogP) is 1.11. The molecule has 13 heavy (non-hydrogen) atoms. The van der Waals surface area contributed by atoms with Crippen LogP contribution >= 0.6 is 0 Å². The van der Waals surface area contributed by atoms with E-state index in [0.717, 1.165) is 18.7 Å². The minimum absolute atomic E-state index is 0.267. The Labute approximate surface area is 77.1 Å². The Morgan fingerprint density at radius 3 is 3.31 bits per heavy atom. The zero-order chi connectivity index (χ0) is 8.84. The quantitative estimate of drug-likeness (QED) is 0.544. The van der Waals surface area contributed by atoms with Crippen LogP contribution in [0.3, 0.4) is 0 Å². The van der Waals surface area contributed by atoms with E-state index < -0.39 is 0 Å². The molecular weight excluding hydrogens is 164 g/mol. The highest BCUT2D eigenvalue weighted by Crippen LogP contribution is 2.35. The molecule has 0 N–H and O–H groups in total. The van der Waals surface area contributed by atoms with E-state index in [1.807, 2.05) is 4.90 Å². The first-order valence-electron chi connectivity index (χ1n) is 4.93. The molecule has 1 unspecified atom stereocenters. The number of hydrogen-bond acceptors (Lipinski definition) is 2. The van der Waals surface area contributed by atoms with Gasteiger partial charge < -0.3 is 0 Å². The number of fused-ring (bicyclic) bond motifs is 3. The Balaban J connectivity index is 2.03. The van der Waals surface area contributed by atoms with Crippen molar-refractivity contribution in [1.29, 1.82) is 0 Å². The SMILES string of the molecule is O=C1CCN=C2C=C3CCCC3N12. The summed E-state index contributed by atoms with van der Waals surface area (Å²) < 4.78 is 0. The van der Waals surface area contributed by atoms with Crippen LogP contribution in [-0.4, -0.2) is 29.2 Å². The van der Waals surface area contributed by atoms with Gasteiger partial charge in [0.25, 0.3) is 0 Å². The fourth-order valence-electron chi connectivity index (χ4n) is 2.52. The van der Waals surface area contributed by atoms with E-state index in [0.29, 0.717) is 19.0 Å². The number of nitrogens with zero attached hydrogens (tertiary/aromatic N) is 2. The summed E-state index contributed by atoms with van der Waals surface area (Å²) in [6.45, 7) is 0.682. The van der Waals surface area contributed by atoms with Gasteiger partial charge in [-0.25, -0.2) is 0 Å². The highest BCUT2D eigenvalue weighted by atomic mass is 16.2. The number of amidine groups is 1. The molecular formula is C10H12N2O. The van der Waals surface area contributed by atoms with E-state index in [-0.39, 0.29) is 5.91 Å². The highest BCUT2D eigenvalue weighted by molar-refractivity contribution is 6.09. The van der Waals surface area contributed by atoms with E-state index >= 15 is 0 Å². The van der Waals surface area contributed by atoms with Gasteiger partial charge in [-0.2, -0.15) is 0 Å². The second-order valence-corrected chi connectivity index (χ2v) is 3.88. The molecule has 0 aromatic carbocycles. The molecule has 1 amide bonds. The number of carbonyl (C=O) groups excluding carboxylic acids is 1. The molecule has 3 nitrogen and oxygen atoms in total. The van der Waals surface area contributed by atoms with Gasteiger partial charge in [-0.3, -0.25) is 14.7 Å². The average molecular weight is 176 g/mol. The first-order valence-corrected chi connectivity index (χ1v) is 4.93. The second kappa shape index (κ2) is 2.44. The van der Waals surface area contributed by atoms with Crippen molar-refractivity contribution in [2.45, 2.75) is 31.7 Å². The smallest absolute Gasteiger partial charge is 0.230 e. The van der Waals surface area contributed by atoms with Crippen LogP contribution < -0.4 is 0 Å². The third-order valence-corrected chi connectivity index (χ3v) is 3.11. The molecule has 1 fully saturated rings. The van der Waals surface area contributed by atoms with Crippen molar-refractivity contribution >= 4 is 11.7 Å². The molecule has 2 heterocycles. The molecule has 0 radical (unpaired) electrons. The molecule has 0 aromatic rings. The van der Waals surface area contributed by atoms with Crippen LogP contribution in [0, 0.1) is 0 Å². The summed E-state index contributed by atoms with van der Waals surface area (Å²) in [5, 5.41) is 0. The van der Waals surface area contributed by atoms with Crippen LogP contribution in [-0.2, 0) is 4.79 Å². The lowest BCUT2D eigenvalue weighted by Crippen LogP contribution is -2.42. The summed E-state index contributed by atoms with van der Waals surface area (Å²) in [6.07, 6.45) is 6.24. The van der Waals surface area contributed by atoms with Crippen molar-refractivity contribution in [3.05, 3.63) is 11.6 Å². The summed E-state index contributed by atoms with van der Waals surface area (Å²) in [7, 11) is 0. The molecule has 1 atom stereocenters. The first-order chi connectivity index (χ1) is 6.36. The molecule has 1 saturated carbocycles. The Bertz CT molecular complexity index is 330. The third kappa shape index (κ3) is 0.900. The van der Waals surface area contributed by atoms with Crippen LogP contribution in [0.5, 0.6) is 0 Å². The monoisotopic (exact) mass is 176 g/mol. The van der Waals surface area contributed by atoms with Crippen LogP contribution in [0.25, 0.3) is 0 Å². The van der Waals surface area contributed by atoms with Gasteiger partial charge in [0.1, 0.15) is 5.84 Å². The summed E-state index contributed by atoms with van der Waals surface area (Å²) in [5.41, 5.74) is 1.43. The molecule has 3 heteroatoms. The molecule has 0 aromatic heterocycles. The molecule has 68 valence electrons. The Hall–Kier alpha value is -1.12. The number of carbonyl (C=O) groups is 1. The molecule has 2 aliphatic heterocycles. The van der Waals surface area contributed by atoms with E-state index in [1.165, 1.54) is 12.0 Å². The topological polar surface area (TPSA) is 32.7 Å². The van der Waals surface area contributed by atoms with Crippen molar-refractivity contribution < 1.29 is 4.79 Å². The maximum Gasteiger partial charge on any atom is 0.230 e. The molecule has 0 saturated heterocycles. The summed E-state index contributed by atoms with van der Waals surface area (Å²) in [4.78, 5) is 17.9. The zero-order valence-corrected chi connectivity index (χ0v) is 7.49. The highest BCUT2D eigenvalue weighted by Gasteiger charge is 2.38. The fourth-order valence-corrected chi connectivity index (χ4v) is 2.52. The van der Waals surface area contributed by atoms with Gasteiger partial charge in [0.15, 0.2) is 0 Å². The van der Waals surface area contributed by atoms with E-state index in [9.17, 15) is 4.79 Å². The van der Waals surface area contributed by atoms with Crippen molar-refractivity contribution in [2.75, 3.05) is 6.54 Å². The van der Waals surface area contributed by atoms with Gasteiger partial charge in [0, 0.05) is 6.42 Å². The normalized spacial score (nSPS) is 31.2. The Morgan fingerprint density at radius 1 is 1.46 bits per heavy atom. The zero-order valence-electron chi connectivity index (χ0n) is 7.49. The third-order valence-electron chi connectivity index (χ3n) is 3.11. The van der Waals surface area contributed by atoms with Crippen molar-refractivity contribution in [2.24, 2.45) is 4.99 Å². The van der Waals surface area contributed by atoms with Gasteiger partial charge in [0.05, 0.1) is 12.6 Å². The lowest BCUT2D eigenvalue weighted by Gasteiger charge is -2.26. The standard InChI is InChI=1S/C10H12N2O/c13-10-4-5-11-9-6-7-2-1-3-8(7)12(9)10/h6,8H,1-5H2. The number of hydrogen-bond donors (Lipinski definition) is 0. The van der Waals surface area contributed by atoms with Crippen LogP contribution in [0.4, 0.5) is 0 Å². The van der Waals surface area contributed by atoms with Gasteiger partial charge >= 0.3 is 0 Å². The lowest BCUT2D eigenvalue weighted by molar-refractivity contribution is -0.128. The van der Waals surface area contributed by atoms with Gasteiger partial charge in [-0.1, -0.05) is 0 Å². The Morgan fingerprint density at radius 2 is 2.38 bits per heavy atom. The van der Waals surface area contributed by atoms with Gasteiger partial charge in [-0.05, 0) is 30.9 Å². The fraction of sp³-hybridized carbons (Fsp3) is 0.600. The first kappa shape index (κ1) is 7.30. The summed E-state index contributed by atoms with van der Waals surface area (Å²) >= 11 is 0. The minimum atomic E-state index is 0.267. The van der Waals surface area contributed by atoms with Crippen LogP contribution in [0.1, 0.15) is 25.7 Å². The Kier molecular flexibility index (Phi) is 1.37. The molecule has 3 rings (SSSR count). The summed E-state index contributed by atoms with van der Waals surface area (Å²) in [6, 6.07) is 0.381. The van der Waals surface area contributed by atoms with E-state index in [2.05, 4.69) is 11.1 Å². The second-order valence-electron chi connectivity index (χ2n) is 3.88. The molecule has 1 aliphatic carbocycles. The van der Waals surface area contributed by atoms with Crippen LogP contribution in [0.15, 0.2) is 16.6 Å². The van der Waals surface area contributed by atoms with E-state index in [1.54, 1.807) is 0 Å². The van der Waals surface area contributed by atoms with Gasteiger partial charge in [-0.15, -0.1) is 0 Å². The van der Waals surface area contributed by atoms with Crippen LogP contribution in [0.2, 0.25) is 0 Å². The minimum Gasteiger partial charge on any atom is -0.290 e.